The third-order valence-electron chi connectivity index (χ3n) is 4.93. The lowest BCUT2D eigenvalue weighted by atomic mass is 9.96. The van der Waals surface area contributed by atoms with Gasteiger partial charge in [0.2, 0.25) is 0 Å². The minimum atomic E-state index is -0.131. The van der Waals surface area contributed by atoms with Gasteiger partial charge in [0.1, 0.15) is 6.10 Å². The molecular weight excluding hydrogens is 352 g/mol. The van der Waals surface area contributed by atoms with Crippen LogP contribution in [0, 0.1) is 11.8 Å². The van der Waals surface area contributed by atoms with E-state index < -0.39 is 0 Å². The monoisotopic (exact) mass is 394 g/mol. The van der Waals surface area contributed by atoms with Crippen molar-refractivity contribution in [1.82, 2.24) is 0 Å². The van der Waals surface area contributed by atoms with Crippen LogP contribution in [0.4, 0.5) is 0 Å². The van der Waals surface area contributed by atoms with Gasteiger partial charge in [-0.1, -0.05) is 58.4 Å². The van der Waals surface area contributed by atoms with Crippen LogP contribution >= 0.6 is 0 Å². The number of allylic oxidation sites excluding steroid dienone is 3. The van der Waals surface area contributed by atoms with Gasteiger partial charge in [-0.15, -0.1) is 0 Å². The molecule has 162 valence electrons. The molecule has 1 atom stereocenters. The lowest BCUT2D eigenvalue weighted by Gasteiger charge is -2.24. The zero-order valence-electron chi connectivity index (χ0n) is 18.5. The zero-order chi connectivity index (χ0) is 20.6. The van der Waals surface area contributed by atoms with Crippen LogP contribution in [0.2, 0.25) is 0 Å². The topological polar surface area (TPSA) is 44.8 Å². The third kappa shape index (κ3) is 12.4. The normalized spacial score (nSPS) is 18.2. The minimum Gasteiger partial charge on any atom is -0.462 e. The predicted molar refractivity (Wildman–Crippen MR) is 115 cm³/mol. The second-order valence-electron chi connectivity index (χ2n) is 8.34. The molecule has 28 heavy (non-hydrogen) atoms. The molecule has 1 rings (SSSR count). The van der Waals surface area contributed by atoms with E-state index in [0.29, 0.717) is 18.3 Å². The summed E-state index contributed by atoms with van der Waals surface area (Å²) in [4.78, 5) is 11.9. The van der Waals surface area contributed by atoms with Gasteiger partial charge in [0.25, 0.3) is 0 Å². The van der Waals surface area contributed by atoms with E-state index >= 15 is 0 Å². The second kappa shape index (κ2) is 15.8. The number of carbonyl (C=O) groups is 1. The summed E-state index contributed by atoms with van der Waals surface area (Å²) in [7, 11) is 0. The standard InChI is InChI=1S/C24H42O4/c1-20(2)24(21(3)4)28-22(25)16-12-10-8-6-5-7-9-11-14-18-26-23-17-13-15-19-27-23/h5-6,10,12,20-21,23-24H,7-9,11,13-19H2,1-4H3/b6-5-,12-10-. The Hall–Kier alpha value is -1.13. The van der Waals surface area contributed by atoms with Crippen molar-refractivity contribution in [3.63, 3.8) is 0 Å². The highest BCUT2D eigenvalue weighted by molar-refractivity contribution is 5.71. The number of hydrogen-bond acceptors (Lipinski definition) is 4. The van der Waals surface area contributed by atoms with Crippen LogP contribution in [0.5, 0.6) is 0 Å². The quantitative estimate of drug-likeness (QED) is 0.200. The number of carbonyl (C=O) groups excluding carboxylic acids is 1. The molecular formula is C24H42O4. The summed E-state index contributed by atoms with van der Waals surface area (Å²) in [6, 6.07) is 0. The smallest absolute Gasteiger partial charge is 0.309 e. The van der Waals surface area contributed by atoms with Crippen molar-refractivity contribution in [3.05, 3.63) is 24.3 Å². The molecule has 0 aromatic carbocycles. The molecule has 1 unspecified atom stereocenters. The molecule has 0 radical (unpaired) electrons. The van der Waals surface area contributed by atoms with Crippen molar-refractivity contribution in [1.29, 1.82) is 0 Å². The molecule has 1 heterocycles. The molecule has 0 N–H and O–H groups in total. The Bertz CT molecular complexity index is 440. The number of ether oxygens (including phenoxy) is 3. The highest BCUT2D eigenvalue weighted by Crippen LogP contribution is 2.17. The molecule has 1 aliphatic heterocycles. The van der Waals surface area contributed by atoms with Gasteiger partial charge in [0.05, 0.1) is 6.42 Å². The molecule has 4 nitrogen and oxygen atoms in total. The molecule has 0 saturated carbocycles. The highest BCUT2D eigenvalue weighted by Gasteiger charge is 2.21. The van der Waals surface area contributed by atoms with E-state index in [2.05, 4.69) is 39.8 Å². The summed E-state index contributed by atoms with van der Waals surface area (Å²) < 4.78 is 16.9. The second-order valence-corrected chi connectivity index (χ2v) is 8.34. The lowest BCUT2D eigenvalue weighted by molar-refractivity contribution is -0.162. The van der Waals surface area contributed by atoms with Crippen molar-refractivity contribution in [2.75, 3.05) is 13.2 Å². The number of rotatable bonds is 14. The highest BCUT2D eigenvalue weighted by atomic mass is 16.7. The average molecular weight is 395 g/mol. The van der Waals surface area contributed by atoms with E-state index in [-0.39, 0.29) is 18.4 Å². The van der Waals surface area contributed by atoms with Gasteiger partial charge in [-0.25, -0.2) is 0 Å². The molecule has 1 saturated heterocycles. The largest absolute Gasteiger partial charge is 0.462 e. The van der Waals surface area contributed by atoms with Gasteiger partial charge in [-0.05, 0) is 56.8 Å². The Balaban J connectivity index is 1.97. The van der Waals surface area contributed by atoms with Crippen LogP contribution in [-0.2, 0) is 19.0 Å². The zero-order valence-corrected chi connectivity index (χ0v) is 18.5. The molecule has 1 aliphatic rings. The average Bonchev–Trinajstić information content (AvgIpc) is 2.67. The van der Waals surface area contributed by atoms with Gasteiger partial charge in [-0.2, -0.15) is 0 Å². The molecule has 1 fully saturated rings. The molecule has 0 amide bonds. The van der Waals surface area contributed by atoms with Crippen molar-refractivity contribution in [3.8, 4) is 0 Å². The van der Waals surface area contributed by atoms with Crippen LogP contribution in [0.1, 0.15) is 85.5 Å². The summed E-state index contributed by atoms with van der Waals surface area (Å²) in [6.45, 7) is 10.0. The summed E-state index contributed by atoms with van der Waals surface area (Å²) in [5, 5.41) is 0. The number of hydrogen-bond donors (Lipinski definition) is 0. The number of esters is 1. The van der Waals surface area contributed by atoms with E-state index in [1.54, 1.807) is 0 Å². The lowest BCUT2D eigenvalue weighted by Crippen LogP contribution is -2.28. The Morgan fingerprint density at radius 2 is 1.75 bits per heavy atom. The van der Waals surface area contributed by atoms with Crippen LogP contribution in [0.25, 0.3) is 0 Å². The van der Waals surface area contributed by atoms with Crippen molar-refractivity contribution in [2.45, 2.75) is 97.9 Å². The van der Waals surface area contributed by atoms with E-state index in [9.17, 15) is 4.79 Å². The van der Waals surface area contributed by atoms with E-state index in [0.717, 1.165) is 38.9 Å². The van der Waals surface area contributed by atoms with Gasteiger partial charge in [0, 0.05) is 13.2 Å². The van der Waals surface area contributed by atoms with Crippen molar-refractivity contribution >= 4 is 5.97 Å². The minimum absolute atomic E-state index is 0.00128. The molecule has 0 aliphatic carbocycles. The fraction of sp³-hybridized carbons (Fsp3) is 0.792. The van der Waals surface area contributed by atoms with Crippen molar-refractivity contribution in [2.24, 2.45) is 11.8 Å². The van der Waals surface area contributed by atoms with Gasteiger partial charge in [0.15, 0.2) is 6.29 Å². The third-order valence-corrected chi connectivity index (χ3v) is 4.93. The molecule has 0 bridgehead atoms. The van der Waals surface area contributed by atoms with Crippen molar-refractivity contribution < 1.29 is 19.0 Å². The van der Waals surface area contributed by atoms with Gasteiger partial charge < -0.3 is 14.2 Å². The predicted octanol–water partition coefficient (Wildman–Crippen LogP) is 6.21. The van der Waals surface area contributed by atoms with E-state index in [1.807, 2.05) is 12.2 Å². The first-order chi connectivity index (χ1) is 13.5. The molecule has 0 spiro atoms. The Labute approximate surface area is 172 Å². The fourth-order valence-corrected chi connectivity index (χ4v) is 3.41. The molecule has 0 aromatic rings. The maximum absolute atomic E-state index is 11.9. The maximum Gasteiger partial charge on any atom is 0.309 e. The summed E-state index contributed by atoms with van der Waals surface area (Å²) in [6.07, 6.45) is 17.6. The Kier molecular flexibility index (Phi) is 14.0. The van der Waals surface area contributed by atoms with Crippen LogP contribution in [0.3, 0.4) is 0 Å². The fourth-order valence-electron chi connectivity index (χ4n) is 3.41. The summed E-state index contributed by atoms with van der Waals surface area (Å²) in [5.74, 6) is 0.569. The number of unbranched alkanes of at least 4 members (excludes halogenated alkanes) is 3. The van der Waals surface area contributed by atoms with Gasteiger partial charge in [-0.3, -0.25) is 4.79 Å². The SMILES string of the molecule is CC(C)C(OC(=O)C/C=C\C/C=C\CCCCCOC1CCCCO1)C(C)C. The molecule has 0 aromatic heterocycles. The van der Waals surface area contributed by atoms with Gasteiger partial charge >= 0.3 is 5.97 Å². The van der Waals surface area contributed by atoms with Crippen LogP contribution < -0.4 is 0 Å². The molecule has 4 heteroatoms. The Morgan fingerprint density at radius 1 is 1.00 bits per heavy atom. The maximum atomic E-state index is 11.9. The first-order valence-electron chi connectivity index (χ1n) is 11.2. The Morgan fingerprint density at radius 3 is 2.43 bits per heavy atom. The summed E-state index contributed by atoms with van der Waals surface area (Å²) >= 11 is 0. The van der Waals surface area contributed by atoms with Crippen LogP contribution in [-0.4, -0.2) is 31.6 Å². The van der Waals surface area contributed by atoms with Crippen LogP contribution in [0.15, 0.2) is 24.3 Å². The first kappa shape index (κ1) is 24.9. The summed E-state index contributed by atoms with van der Waals surface area (Å²) in [5.41, 5.74) is 0. The first-order valence-corrected chi connectivity index (χ1v) is 11.2. The van der Waals surface area contributed by atoms with E-state index in [4.69, 9.17) is 14.2 Å². The van der Waals surface area contributed by atoms with E-state index in [1.165, 1.54) is 25.7 Å².